The predicted octanol–water partition coefficient (Wildman–Crippen LogP) is 31.6. The molecule has 4 heterocycles. The van der Waals surface area contributed by atoms with E-state index in [-0.39, 0.29) is 10.8 Å². The number of nitrogens with one attached hydrogen (secondary N) is 1. The molecule has 6 nitrogen and oxygen atoms in total. The van der Waals surface area contributed by atoms with E-state index in [0.717, 1.165) is 128 Å². The SMILES string of the molecule is CC1(C)c2ccccc2-c2ccc(N(c3ccc(-c4cccc5oc6ccccc6c45)cc3)c3ccc4c(c3)C3(c5ccccc5O4)c4ccccc4-c4ccccc43)cc21.CC1(C)c2ccccc2-c2ccc(Nc3ccc(-c4cccc5oc6ccccc6c45)cc3)cc21.Clc1ccc2c(c1)C1(c3ccccc3O2)c2ccccc2-c2ccccc21. The van der Waals surface area contributed by atoms with Gasteiger partial charge in [-0.2, -0.15) is 0 Å². The van der Waals surface area contributed by atoms with Gasteiger partial charge in [0.1, 0.15) is 45.3 Å². The van der Waals surface area contributed by atoms with Gasteiger partial charge in [-0.05, 0) is 233 Å². The lowest BCUT2D eigenvalue weighted by Crippen LogP contribution is -2.32. The summed E-state index contributed by atoms with van der Waals surface area (Å²) in [4.78, 5) is 2.43. The Kier molecular flexibility index (Phi) is 16.1. The molecular weight excluding hydrogens is 1520 g/mol. The van der Waals surface area contributed by atoms with Crippen LogP contribution in [0, 0.1) is 0 Å². The highest BCUT2D eigenvalue weighted by molar-refractivity contribution is 6.30. The van der Waals surface area contributed by atoms with Crippen molar-refractivity contribution >= 4 is 83.9 Å². The van der Waals surface area contributed by atoms with Gasteiger partial charge in [-0.25, -0.2) is 0 Å². The molecule has 26 rings (SSSR count). The van der Waals surface area contributed by atoms with Gasteiger partial charge in [0.15, 0.2) is 0 Å². The molecule has 0 atom stereocenters. The van der Waals surface area contributed by atoms with Crippen LogP contribution in [0.3, 0.4) is 0 Å². The van der Waals surface area contributed by atoms with E-state index in [9.17, 15) is 0 Å². The third-order valence-corrected chi connectivity index (χ3v) is 27.3. The van der Waals surface area contributed by atoms with Gasteiger partial charge in [0.05, 0.1) is 10.8 Å². The second-order valence-electron chi connectivity index (χ2n) is 34.2. The number of rotatable bonds is 7. The molecule has 2 aromatic heterocycles. The number of furan rings is 2. The Morgan fingerprint density at radius 2 is 0.561 bits per heavy atom. The number of para-hydroxylation sites is 4. The molecule has 7 heteroatoms. The molecule has 1 N–H and O–H groups in total. The van der Waals surface area contributed by atoms with Crippen molar-refractivity contribution in [3.8, 4) is 89.8 Å². The minimum absolute atomic E-state index is 0.000472. The molecule has 18 aromatic carbocycles. The van der Waals surface area contributed by atoms with Crippen LogP contribution >= 0.6 is 11.6 Å². The van der Waals surface area contributed by atoms with E-state index in [1.807, 2.05) is 48.5 Å². The van der Waals surface area contributed by atoms with E-state index < -0.39 is 10.8 Å². The van der Waals surface area contributed by atoms with Gasteiger partial charge in [0.25, 0.3) is 0 Å². The first kappa shape index (κ1) is 72.1. The number of hydrogen-bond donors (Lipinski definition) is 1. The predicted molar refractivity (Wildman–Crippen MR) is 504 cm³/mol. The first-order chi connectivity index (χ1) is 60.4. The van der Waals surface area contributed by atoms with Crippen LogP contribution in [0.25, 0.3) is 111 Å². The van der Waals surface area contributed by atoms with Crippen LogP contribution in [0.1, 0.15) is 94.5 Å². The number of benzene rings is 18. The largest absolute Gasteiger partial charge is 0.457 e. The lowest BCUT2D eigenvalue weighted by atomic mass is 9.66. The number of anilines is 5. The third kappa shape index (κ3) is 10.8. The van der Waals surface area contributed by atoms with E-state index in [1.54, 1.807) is 0 Å². The molecule has 0 bridgehead atoms. The molecule has 2 spiro atoms. The van der Waals surface area contributed by atoms with Crippen LogP contribution in [0.5, 0.6) is 23.0 Å². The molecule has 584 valence electrons. The molecule has 0 amide bonds. The highest BCUT2D eigenvalue weighted by Crippen LogP contribution is 2.65. The minimum Gasteiger partial charge on any atom is -0.457 e. The summed E-state index contributed by atoms with van der Waals surface area (Å²) in [7, 11) is 0. The number of nitrogens with zero attached hydrogens (tertiary/aromatic N) is 1. The molecule has 2 aliphatic heterocycles. The summed E-state index contributed by atoms with van der Waals surface area (Å²) in [6.07, 6.45) is 0. The summed E-state index contributed by atoms with van der Waals surface area (Å²) in [5.74, 6) is 3.53. The van der Waals surface area contributed by atoms with Crippen LogP contribution in [-0.2, 0) is 21.7 Å². The van der Waals surface area contributed by atoms with Gasteiger partial charge >= 0.3 is 0 Å². The maximum atomic E-state index is 6.86. The zero-order chi connectivity index (χ0) is 82.0. The average molecular weight is 1600 g/mol. The monoisotopic (exact) mass is 1600 g/mol. The molecule has 123 heavy (non-hydrogen) atoms. The third-order valence-electron chi connectivity index (χ3n) is 27.0. The van der Waals surface area contributed by atoms with E-state index in [2.05, 4.69) is 390 Å². The zero-order valence-corrected chi connectivity index (χ0v) is 68.8. The summed E-state index contributed by atoms with van der Waals surface area (Å²) in [6.45, 7) is 9.34. The van der Waals surface area contributed by atoms with Gasteiger partial charge in [-0.15, -0.1) is 0 Å². The molecule has 0 saturated carbocycles. The van der Waals surface area contributed by atoms with Gasteiger partial charge < -0.3 is 28.5 Å². The van der Waals surface area contributed by atoms with Crippen molar-refractivity contribution < 1.29 is 18.3 Å². The quantitative estimate of drug-likeness (QED) is 0.172. The van der Waals surface area contributed by atoms with Crippen molar-refractivity contribution in [1.29, 1.82) is 0 Å². The molecule has 0 fully saturated rings. The lowest BCUT2D eigenvalue weighted by molar-refractivity contribution is 0.436. The first-order valence-electron chi connectivity index (χ1n) is 42.3. The molecule has 6 aliphatic rings. The smallest absolute Gasteiger partial charge is 0.136 e. The van der Waals surface area contributed by atoms with Crippen LogP contribution in [0.15, 0.2) is 409 Å². The molecule has 0 radical (unpaired) electrons. The average Bonchev–Trinajstić information content (AvgIpc) is 1.54. The molecule has 0 saturated heterocycles. The lowest BCUT2D eigenvalue weighted by Gasteiger charge is -2.40. The van der Waals surface area contributed by atoms with Crippen molar-refractivity contribution in [1.82, 2.24) is 0 Å². The standard InChI is InChI=1S/C58H39NO2.C33H25NO.C25H15ClO/c1-57(2)46-19-7-3-14-41(46)44-32-30-38(34-50(44)57)59(37-28-26-36(27-29-37)40-18-13-25-55-56(40)45-17-6-11-23-52(45)60-55)39-31-33-54-51(35-39)58(49-22-10-12-24-53(49)61-54)47-20-8-4-15-42(47)43-16-5-9-21-48(43)58;1-33(2)28-11-5-3-8-25(28)26-19-18-23(20-29(26)33)34-22-16-14-21(15-17-22)24-10-7-13-31-32(24)27-9-4-6-12-30(27)35-31;26-16-13-14-24-22(15-16)25(21-11-5-6-12-23(21)27-24)19-9-3-1-7-17(19)18-8-2-4-10-20(18)25/h3-35H,1-2H3;3-20,34H,1-2H3;1-15H. The van der Waals surface area contributed by atoms with Crippen molar-refractivity contribution in [2.75, 3.05) is 10.2 Å². The maximum Gasteiger partial charge on any atom is 0.136 e. The Morgan fingerprint density at radius 3 is 1.05 bits per heavy atom. The fourth-order valence-electron chi connectivity index (χ4n) is 21.6. The summed E-state index contributed by atoms with van der Waals surface area (Å²) >= 11 is 6.46. The van der Waals surface area contributed by atoms with Crippen molar-refractivity contribution in [3.63, 3.8) is 0 Å². The van der Waals surface area contributed by atoms with Crippen molar-refractivity contribution in [2.45, 2.75) is 49.4 Å². The van der Waals surface area contributed by atoms with Crippen LogP contribution in [-0.4, -0.2) is 0 Å². The van der Waals surface area contributed by atoms with Crippen molar-refractivity contribution in [2.24, 2.45) is 0 Å². The topological polar surface area (TPSA) is 60.0 Å². The Hall–Kier alpha value is -15.0. The normalized spacial score (nSPS) is 14.3. The zero-order valence-electron chi connectivity index (χ0n) is 68.1. The fraction of sp³-hybridized carbons (Fsp3) is 0.0690. The molecular formula is C116H79ClN2O4. The molecule has 4 aliphatic carbocycles. The van der Waals surface area contributed by atoms with Crippen LogP contribution < -0.4 is 19.7 Å². The van der Waals surface area contributed by atoms with Crippen LogP contribution in [0.2, 0.25) is 5.02 Å². The van der Waals surface area contributed by atoms with E-state index in [4.69, 9.17) is 29.9 Å². The number of fused-ring (bicyclic) bond motifs is 30. The highest BCUT2D eigenvalue weighted by Gasteiger charge is 2.53. The minimum atomic E-state index is -0.573. The van der Waals surface area contributed by atoms with Gasteiger partial charge in [0, 0.05) is 88.1 Å². The Labute approximate surface area is 718 Å². The molecule has 20 aromatic rings. The van der Waals surface area contributed by atoms with E-state index in [1.165, 1.54) is 106 Å². The van der Waals surface area contributed by atoms with Crippen molar-refractivity contribution in [3.05, 3.63) is 472 Å². The van der Waals surface area contributed by atoms with E-state index >= 15 is 0 Å². The molecule has 0 unspecified atom stereocenters. The van der Waals surface area contributed by atoms with E-state index in [0.29, 0.717) is 0 Å². The second kappa shape index (κ2) is 27.5. The summed E-state index contributed by atoms with van der Waals surface area (Å²) in [5, 5.41) is 8.93. The highest BCUT2D eigenvalue weighted by atomic mass is 35.5. The summed E-state index contributed by atoms with van der Waals surface area (Å²) < 4.78 is 25.5. The van der Waals surface area contributed by atoms with Gasteiger partial charge in [0.2, 0.25) is 0 Å². The Balaban J connectivity index is 0.000000115. The Morgan fingerprint density at radius 1 is 0.236 bits per heavy atom. The van der Waals surface area contributed by atoms with Gasteiger partial charge in [-0.3, -0.25) is 0 Å². The number of hydrogen-bond acceptors (Lipinski definition) is 6. The maximum absolute atomic E-state index is 6.86. The number of ether oxygens (including phenoxy) is 2. The van der Waals surface area contributed by atoms with Crippen LogP contribution in [0.4, 0.5) is 28.4 Å². The summed E-state index contributed by atoms with van der Waals surface area (Å²) in [5.41, 5.74) is 38.1. The fourth-order valence-corrected chi connectivity index (χ4v) is 21.8. The first-order valence-corrected chi connectivity index (χ1v) is 42.7. The van der Waals surface area contributed by atoms with Gasteiger partial charge in [-0.1, -0.05) is 318 Å². The second-order valence-corrected chi connectivity index (χ2v) is 34.6. The Bertz CT molecular complexity index is 7680. The number of halogens is 1. The summed E-state index contributed by atoms with van der Waals surface area (Å²) in [6, 6.07) is 143.